The fourth-order valence-corrected chi connectivity index (χ4v) is 2.31. The lowest BCUT2D eigenvalue weighted by atomic mass is 9.80. The van der Waals surface area contributed by atoms with Crippen LogP contribution in [-0.2, 0) is 0 Å². The predicted molar refractivity (Wildman–Crippen MR) is 77.3 cm³/mol. The van der Waals surface area contributed by atoms with Gasteiger partial charge in [-0.05, 0) is 22.9 Å². The summed E-state index contributed by atoms with van der Waals surface area (Å²) in [6.07, 6.45) is 1.35. The third-order valence-corrected chi connectivity index (χ3v) is 3.10. The minimum absolute atomic E-state index is 0.000505. The van der Waals surface area contributed by atoms with E-state index < -0.39 is 5.91 Å². The highest BCUT2D eigenvalue weighted by molar-refractivity contribution is 6.28. The van der Waals surface area contributed by atoms with Crippen LogP contribution in [-0.4, -0.2) is 21.9 Å². The number of carbonyl (C=O) groups excluding carboxylic acids is 1. The number of primary amides is 1. The molecule has 0 fully saturated rings. The molecular formula is C13H21ClN4O. The van der Waals surface area contributed by atoms with Crippen molar-refractivity contribution in [3.8, 4) is 0 Å². The molecule has 1 amide bonds. The van der Waals surface area contributed by atoms with Crippen LogP contribution in [0.5, 0.6) is 0 Å². The van der Waals surface area contributed by atoms with E-state index in [9.17, 15) is 4.79 Å². The molecule has 3 N–H and O–H groups in total. The van der Waals surface area contributed by atoms with E-state index in [2.05, 4.69) is 49.9 Å². The lowest BCUT2D eigenvalue weighted by Gasteiger charge is -2.35. The van der Waals surface area contributed by atoms with Crippen LogP contribution in [0.2, 0.25) is 5.28 Å². The lowest BCUT2D eigenvalue weighted by molar-refractivity contribution is 0.1000. The molecule has 1 heterocycles. The maximum absolute atomic E-state index is 11.4. The van der Waals surface area contributed by atoms with E-state index in [0.29, 0.717) is 11.7 Å². The molecular weight excluding hydrogens is 264 g/mol. The van der Waals surface area contributed by atoms with Gasteiger partial charge >= 0.3 is 0 Å². The summed E-state index contributed by atoms with van der Waals surface area (Å²) >= 11 is 5.78. The van der Waals surface area contributed by atoms with Crippen LogP contribution in [0.1, 0.15) is 45.0 Å². The number of anilines is 1. The second kappa shape index (κ2) is 5.74. The molecule has 5 nitrogen and oxygen atoms in total. The topological polar surface area (TPSA) is 80.9 Å². The molecule has 0 radical (unpaired) electrons. The van der Waals surface area contributed by atoms with Gasteiger partial charge in [0, 0.05) is 12.2 Å². The summed E-state index contributed by atoms with van der Waals surface area (Å²) in [5.74, 6) is 0.172. The Kier molecular flexibility index (Phi) is 4.74. The Hall–Kier alpha value is -1.36. The Bertz CT molecular complexity index is 468. The minimum Gasteiger partial charge on any atom is -0.366 e. The number of nitrogens with zero attached hydrogens (tertiary/aromatic N) is 2. The molecule has 1 rings (SSSR count). The van der Waals surface area contributed by atoms with Gasteiger partial charge in [-0.1, -0.05) is 34.6 Å². The van der Waals surface area contributed by atoms with Gasteiger partial charge in [0.1, 0.15) is 5.82 Å². The molecule has 0 unspecified atom stereocenters. The first-order valence-electron chi connectivity index (χ1n) is 6.21. The summed E-state index contributed by atoms with van der Waals surface area (Å²) in [6.45, 7) is 10.6. The van der Waals surface area contributed by atoms with Gasteiger partial charge in [-0.2, -0.15) is 4.98 Å². The third-order valence-electron chi connectivity index (χ3n) is 2.92. The average Bonchev–Trinajstić information content (AvgIpc) is 2.23. The molecule has 0 spiro atoms. The lowest BCUT2D eigenvalue weighted by Crippen LogP contribution is -2.39. The zero-order valence-electron chi connectivity index (χ0n) is 12.0. The molecule has 0 aliphatic carbocycles. The van der Waals surface area contributed by atoms with Gasteiger partial charge in [-0.25, -0.2) is 4.98 Å². The van der Waals surface area contributed by atoms with Gasteiger partial charge < -0.3 is 11.1 Å². The maximum atomic E-state index is 11.4. The smallest absolute Gasteiger partial charge is 0.254 e. The van der Waals surface area contributed by atoms with Gasteiger partial charge in [0.25, 0.3) is 5.91 Å². The van der Waals surface area contributed by atoms with Gasteiger partial charge in [-0.15, -0.1) is 0 Å². The zero-order valence-corrected chi connectivity index (χ0v) is 12.7. The SMILES string of the molecule is CC(C)[C@@H](Nc1nc(Cl)ncc1C(N)=O)C(C)(C)C. The van der Waals surface area contributed by atoms with Crippen molar-refractivity contribution in [3.63, 3.8) is 0 Å². The molecule has 19 heavy (non-hydrogen) atoms. The van der Waals surface area contributed by atoms with Crippen LogP contribution in [0.25, 0.3) is 0 Å². The first kappa shape index (κ1) is 15.7. The largest absolute Gasteiger partial charge is 0.366 e. The molecule has 0 aliphatic rings. The Morgan fingerprint density at radius 2 is 2.00 bits per heavy atom. The maximum Gasteiger partial charge on any atom is 0.254 e. The van der Waals surface area contributed by atoms with Crippen LogP contribution in [0.15, 0.2) is 6.20 Å². The summed E-state index contributed by atoms with van der Waals surface area (Å²) < 4.78 is 0. The highest BCUT2D eigenvalue weighted by Gasteiger charge is 2.29. The summed E-state index contributed by atoms with van der Waals surface area (Å²) in [7, 11) is 0. The molecule has 0 saturated carbocycles. The predicted octanol–water partition coefficient (Wildman–Crippen LogP) is 2.71. The van der Waals surface area contributed by atoms with Gasteiger partial charge in [-0.3, -0.25) is 4.79 Å². The van der Waals surface area contributed by atoms with Gasteiger partial charge in [0.05, 0.1) is 5.56 Å². The van der Waals surface area contributed by atoms with Crippen molar-refractivity contribution in [2.45, 2.75) is 40.7 Å². The van der Waals surface area contributed by atoms with E-state index in [0.717, 1.165) is 0 Å². The summed E-state index contributed by atoms with van der Waals surface area (Å²) in [5, 5.41) is 3.36. The number of amides is 1. The second-order valence-electron chi connectivity index (χ2n) is 6.00. The van der Waals surface area contributed by atoms with Crippen LogP contribution in [0, 0.1) is 11.3 Å². The van der Waals surface area contributed by atoms with E-state index in [1.54, 1.807) is 0 Å². The van der Waals surface area contributed by atoms with Crippen molar-refractivity contribution in [2.75, 3.05) is 5.32 Å². The Morgan fingerprint density at radius 1 is 1.42 bits per heavy atom. The van der Waals surface area contributed by atoms with E-state index in [1.165, 1.54) is 6.20 Å². The first-order chi connectivity index (χ1) is 8.62. The number of aromatic nitrogens is 2. The first-order valence-corrected chi connectivity index (χ1v) is 6.59. The molecule has 1 aromatic rings. The number of hydrogen-bond donors (Lipinski definition) is 2. The minimum atomic E-state index is -0.574. The molecule has 0 bridgehead atoms. The van der Waals surface area contributed by atoms with Crippen molar-refractivity contribution in [3.05, 3.63) is 17.0 Å². The average molecular weight is 285 g/mol. The van der Waals surface area contributed by atoms with E-state index >= 15 is 0 Å². The van der Waals surface area contributed by atoms with Crippen LogP contribution >= 0.6 is 11.6 Å². The van der Waals surface area contributed by atoms with E-state index in [4.69, 9.17) is 17.3 Å². The van der Waals surface area contributed by atoms with Crippen LogP contribution in [0.4, 0.5) is 5.82 Å². The fourth-order valence-electron chi connectivity index (χ4n) is 2.18. The summed E-state index contributed by atoms with van der Waals surface area (Å²) in [5.41, 5.74) is 5.57. The second-order valence-corrected chi connectivity index (χ2v) is 6.34. The highest BCUT2D eigenvalue weighted by Crippen LogP contribution is 2.29. The third kappa shape index (κ3) is 4.06. The van der Waals surface area contributed by atoms with E-state index in [1.807, 2.05) is 0 Å². The van der Waals surface area contributed by atoms with Crippen molar-refractivity contribution in [1.82, 2.24) is 9.97 Å². The normalized spacial score (nSPS) is 13.4. The molecule has 1 aromatic heterocycles. The monoisotopic (exact) mass is 284 g/mol. The van der Waals surface area contributed by atoms with Crippen LogP contribution < -0.4 is 11.1 Å². The molecule has 0 saturated heterocycles. The molecule has 0 aromatic carbocycles. The van der Waals surface area contributed by atoms with Gasteiger partial charge in [0.2, 0.25) is 5.28 Å². The fraction of sp³-hybridized carbons (Fsp3) is 0.615. The number of rotatable bonds is 4. The number of hydrogen-bond acceptors (Lipinski definition) is 4. The number of nitrogens with two attached hydrogens (primary N) is 1. The van der Waals surface area contributed by atoms with E-state index in [-0.39, 0.29) is 22.3 Å². The Morgan fingerprint density at radius 3 is 2.42 bits per heavy atom. The van der Waals surface area contributed by atoms with Crippen molar-refractivity contribution in [2.24, 2.45) is 17.1 Å². The molecule has 6 heteroatoms. The van der Waals surface area contributed by atoms with Crippen molar-refractivity contribution in [1.29, 1.82) is 0 Å². The number of carbonyl (C=O) groups is 1. The zero-order chi connectivity index (χ0) is 14.8. The highest BCUT2D eigenvalue weighted by atomic mass is 35.5. The standard InChI is InChI=1S/C13H21ClN4O/c1-7(2)9(13(3,4)5)17-11-8(10(15)19)6-16-12(14)18-11/h6-7,9H,1-5H3,(H2,15,19)(H,16,17,18)/t9-/m1/s1. The van der Waals surface area contributed by atoms with Crippen LogP contribution in [0.3, 0.4) is 0 Å². The Balaban J connectivity index is 3.15. The Labute approximate surface area is 119 Å². The summed E-state index contributed by atoms with van der Waals surface area (Å²) in [4.78, 5) is 19.3. The van der Waals surface area contributed by atoms with Crippen molar-refractivity contribution < 1.29 is 4.79 Å². The summed E-state index contributed by atoms with van der Waals surface area (Å²) in [6, 6.07) is 0.122. The molecule has 106 valence electrons. The number of halogens is 1. The molecule has 0 aliphatic heterocycles. The van der Waals surface area contributed by atoms with Crippen molar-refractivity contribution >= 4 is 23.3 Å². The molecule has 1 atom stereocenters. The quantitative estimate of drug-likeness (QED) is 0.833. The number of nitrogens with one attached hydrogen (secondary N) is 1. The van der Waals surface area contributed by atoms with Gasteiger partial charge in [0.15, 0.2) is 0 Å².